The number of unbranched alkanes of at least 4 members (excludes halogenated alkanes) is 1. The molecule has 0 spiro atoms. The molecule has 94 valence electrons. The molecule has 1 aliphatic rings. The summed E-state index contributed by atoms with van der Waals surface area (Å²) in [5, 5.41) is 3.79. The van der Waals surface area contributed by atoms with Crippen molar-refractivity contribution in [2.24, 2.45) is 0 Å². The highest BCUT2D eigenvalue weighted by Gasteiger charge is 2.33. The number of carbonyl (C=O) groups excluding carboxylic acids is 1. The Bertz CT molecular complexity index is 389. The van der Waals surface area contributed by atoms with Crippen molar-refractivity contribution in [2.45, 2.75) is 52.0 Å². The van der Waals surface area contributed by atoms with E-state index in [1.165, 1.54) is 0 Å². The van der Waals surface area contributed by atoms with Gasteiger partial charge in [-0.1, -0.05) is 18.5 Å². The molecule has 0 radical (unpaired) electrons. The number of hydrogen-bond acceptors (Lipinski definition) is 4. The SMILES string of the molecule is CCCCC(=O)N1CCCC1c1nc(C)no1. The summed E-state index contributed by atoms with van der Waals surface area (Å²) < 4.78 is 5.18. The maximum atomic E-state index is 12.0. The van der Waals surface area contributed by atoms with Gasteiger partial charge in [-0.15, -0.1) is 0 Å². The molecular weight excluding hydrogens is 218 g/mol. The third kappa shape index (κ3) is 2.65. The van der Waals surface area contributed by atoms with E-state index in [0.29, 0.717) is 18.1 Å². The average molecular weight is 237 g/mol. The van der Waals surface area contributed by atoms with Gasteiger partial charge in [0.25, 0.3) is 0 Å². The summed E-state index contributed by atoms with van der Waals surface area (Å²) in [5.41, 5.74) is 0. The number of likely N-dealkylation sites (tertiary alicyclic amines) is 1. The van der Waals surface area contributed by atoms with E-state index in [9.17, 15) is 4.79 Å². The molecule has 1 unspecified atom stereocenters. The second-order valence-electron chi connectivity index (χ2n) is 4.53. The quantitative estimate of drug-likeness (QED) is 0.805. The van der Waals surface area contributed by atoms with Gasteiger partial charge in [0.15, 0.2) is 5.82 Å². The van der Waals surface area contributed by atoms with Crippen molar-refractivity contribution in [3.8, 4) is 0 Å². The predicted molar refractivity (Wildman–Crippen MR) is 62.2 cm³/mol. The number of aromatic nitrogens is 2. The fourth-order valence-corrected chi connectivity index (χ4v) is 2.24. The summed E-state index contributed by atoms with van der Waals surface area (Å²) in [6, 6.07) is 0.000515. The molecule has 1 aliphatic heterocycles. The van der Waals surface area contributed by atoms with E-state index in [1.54, 1.807) is 6.92 Å². The van der Waals surface area contributed by atoms with Gasteiger partial charge >= 0.3 is 0 Å². The molecule has 5 nitrogen and oxygen atoms in total. The van der Waals surface area contributed by atoms with E-state index in [-0.39, 0.29) is 11.9 Å². The van der Waals surface area contributed by atoms with E-state index in [4.69, 9.17) is 4.52 Å². The summed E-state index contributed by atoms with van der Waals surface area (Å²) in [4.78, 5) is 18.2. The van der Waals surface area contributed by atoms with Crippen LogP contribution in [0, 0.1) is 6.92 Å². The molecule has 1 saturated heterocycles. The Morgan fingerprint density at radius 3 is 3.06 bits per heavy atom. The summed E-state index contributed by atoms with van der Waals surface area (Å²) in [7, 11) is 0. The van der Waals surface area contributed by atoms with Crippen molar-refractivity contribution in [1.82, 2.24) is 15.0 Å². The zero-order valence-electron chi connectivity index (χ0n) is 10.5. The molecule has 2 heterocycles. The standard InChI is InChI=1S/C12H19N3O2/c1-3-4-7-11(16)15-8-5-6-10(15)12-13-9(2)14-17-12/h10H,3-8H2,1-2H3. The van der Waals surface area contributed by atoms with Crippen LogP contribution >= 0.6 is 0 Å². The van der Waals surface area contributed by atoms with E-state index in [2.05, 4.69) is 17.1 Å². The summed E-state index contributed by atoms with van der Waals surface area (Å²) >= 11 is 0. The van der Waals surface area contributed by atoms with Crippen molar-refractivity contribution in [3.05, 3.63) is 11.7 Å². The monoisotopic (exact) mass is 237 g/mol. The van der Waals surface area contributed by atoms with Crippen molar-refractivity contribution < 1.29 is 9.32 Å². The van der Waals surface area contributed by atoms with E-state index >= 15 is 0 Å². The number of hydrogen-bond donors (Lipinski definition) is 0. The van der Waals surface area contributed by atoms with Gasteiger partial charge in [0.1, 0.15) is 6.04 Å². The molecular formula is C12H19N3O2. The third-order valence-electron chi connectivity index (χ3n) is 3.15. The molecule has 1 aromatic heterocycles. The lowest BCUT2D eigenvalue weighted by Crippen LogP contribution is -2.30. The van der Waals surface area contributed by atoms with Crippen molar-refractivity contribution in [1.29, 1.82) is 0 Å². The van der Waals surface area contributed by atoms with Gasteiger partial charge in [-0.05, 0) is 26.2 Å². The molecule has 5 heteroatoms. The lowest BCUT2D eigenvalue weighted by molar-refractivity contribution is -0.132. The average Bonchev–Trinajstić information content (AvgIpc) is 2.93. The number of rotatable bonds is 4. The van der Waals surface area contributed by atoms with Crippen LogP contribution in [0.25, 0.3) is 0 Å². The summed E-state index contributed by atoms with van der Waals surface area (Å²) in [6.07, 6.45) is 4.57. The fourth-order valence-electron chi connectivity index (χ4n) is 2.24. The van der Waals surface area contributed by atoms with Gasteiger partial charge in [-0.2, -0.15) is 4.98 Å². The first kappa shape index (κ1) is 12.1. The molecule has 1 fully saturated rings. The van der Waals surface area contributed by atoms with Crippen LogP contribution in [0.4, 0.5) is 0 Å². The highest BCUT2D eigenvalue weighted by Crippen LogP contribution is 2.31. The highest BCUT2D eigenvalue weighted by molar-refractivity contribution is 5.76. The molecule has 1 amide bonds. The lowest BCUT2D eigenvalue weighted by atomic mass is 10.2. The van der Waals surface area contributed by atoms with Crippen LogP contribution in [0.15, 0.2) is 4.52 Å². The van der Waals surface area contributed by atoms with Gasteiger partial charge in [0.2, 0.25) is 11.8 Å². The molecule has 2 rings (SSSR count). The van der Waals surface area contributed by atoms with Crippen LogP contribution < -0.4 is 0 Å². The second-order valence-corrected chi connectivity index (χ2v) is 4.53. The van der Waals surface area contributed by atoms with E-state index in [0.717, 1.165) is 32.2 Å². The Hall–Kier alpha value is -1.39. The van der Waals surface area contributed by atoms with Crippen LogP contribution in [0.3, 0.4) is 0 Å². The Morgan fingerprint density at radius 2 is 2.41 bits per heavy atom. The molecule has 0 saturated carbocycles. The van der Waals surface area contributed by atoms with E-state index in [1.807, 2.05) is 4.90 Å². The predicted octanol–water partition coefficient (Wildman–Crippen LogP) is 2.23. The zero-order chi connectivity index (χ0) is 12.3. The Labute approximate surface area is 101 Å². The molecule has 1 aromatic rings. The molecule has 0 aliphatic carbocycles. The Morgan fingerprint density at radius 1 is 1.59 bits per heavy atom. The fraction of sp³-hybridized carbons (Fsp3) is 0.750. The molecule has 1 atom stereocenters. The Balaban J connectivity index is 2.04. The van der Waals surface area contributed by atoms with Gasteiger partial charge in [0.05, 0.1) is 0 Å². The van der Waals surface area contributed by atoms with Crippen LogP contribution in [0.5, 0.6) is 0 Å². The number of amides is 1. The molecule has 17 heavy (non-hydrogen) atoms. The van der Waals surface area contributed by atoms with Crippen molar-refractivity contribution >= 4 is 5.91 Å². The minimum atomic E-state index is 0.000515. The van der Waals surface area contributed by atoms with Gasteiger partial charge in [-0.25, -0.2) is 0 Å². The minimum absolute atomic E-state index is 0.000515. The first-order chi connectivity index (χ1) is 8.22. The van der Waals surface area contributed by atoms with E-state index < -0.39 is 0 Å². The van der Waals surface area contributed by atoms with Crippen LogP contribution in [-0.2, 0) is 4.79 Å². The molecule has 0 N–H and O–H groups in total. The third-order valence-corrected chi connectivity index (χ3v) is 3.15. The normalized spacial score (nSPS) is 19.9. The van der Waals surface area contributed by atoms with Crippen LogP contribution in [0.1, 0.15) is 56.8 Å². The second kappa shape index (κ2) is 5.29. The van der Waals surface area contributed by atoms with Crippen LogP contribution in [0.2, 0.25) is 0 Å². The summed E-state index contributed by atoms with van der Waals surface area (Å²) in [5.74, 6) is 1.43. The zero-order valence-corrected chi connectivity index (χ0v) is 10.5. The van der Waals surface area contributed by atoms with Gasteiger partial charge < -0.3 is 9.42 Å². The maximum absolute atomic E-state index is 12.0. The molecule has 0 bridgehead atoms. The van der Waals surface area contributed by atoms with Crippen LogP contribution in [-0.4, -0.2) is 27.5 Å². The number of aryl methyl sites for hydroxylation is 1. The first-order valence-corrected chi connectivity index (χ1v) is 6.32. The number of nitrogens with zero attached hydrogens (tertiary/aromatic N) is 3. The largest absolute Gasteiger partial charge is 0.337 e. The van der Waals surface area contributed by atoms with Gasteiger partial charge in [0, 0.05) is 13.0 Å². The Kier molecular flexibility index (Phi) is 3.76. The van der Waals surface area contributed by atoms with Crippen molar-refractivity contribution in [3.63, 3.8) is 0 Å². The topological polar surface area (TPSA) is 59.2 Å². The number of carbonyl (C=O) groups is 1. The smallest absolute Gasteiger partial charge is 0.249 e. The molecule has 0 aromatic carbocycles. The first-order valence-electron chi connectivity index (χ1n) is 6.32. The highest BCUT2D eigenvalue weighted by atomic mass is 16.5. The van der Waals surface area contributed by atoms with Crippen molar-refractivity contribution in [2.75, 3.05) is 6.54 Å². The maximum Gasteiger partial charge on any atom is 0.249 e. The lowest BCUT2D eigenvalue weighted by Gasteiger charge is -2.21. The summed E-state index contributed by atoms with van der Waals surface area (Å²) in [6.45, 7) is 4.70. The van der Waals surface area contributed by atoms with Gasteiger partial charge in [-0.3, -0.25) is 4.79 Å². The minimum Gasteiger partial charge on any atom is -0.337 e.